The number of hydrogen-bond donors (Lipinski definition) is 0. The molecule has 94 valence electrons. The summed E-state index contributed by atoms with van der Waals surface area (Å²) in [6.45, 7) is 7.42. The standard InChI is InChI=1S/C13H18ClFN2/c1-13(2,3)11-5-4-6-17(11)12-10(15)7-9(14)8-16-12/h7-8,11H,4-6H2,1-3H3. The van der Waals surface area contributed by atoms with Crippen molar-refractivity contribution in [1.29, 1.82) is 0 Å². The van der Waals surface area contributed by atoms with Gasteiger partial charge in [0, 0.05) is 18.8 Å². The zero-order valence-electron chi connectivity index (χ0n) is 10.5. The molecule has 2 heterocycles. The van der Waals surface area contributed by atoms with Crippen molar-refractivity contribution in [3.63, 3.8) is 0 Å². The average molecular weight is 257 g/mol. The molecule has 1 saturated heterocycles. The molecule has 0 amide bonds. The molecule has 17 heavy (non-hydrogen) atoms. The summed E-state index contributed by atoms with van der Waals surface area (Å²) in [6, 6.07) is 1.67. The van der Waals surface area contributed by atoms with Crippen molar-refractivity contribution in [1.82, 2.24) is 4.98 Å². The van der Waals surface area contributed by atoms with Crippen LogP contribution in [-0.2, 0) is 0 Å². The molecule has 0 aliphatic carbocycles. The van der Waals surface area contributed by atoms with Gasteiger partial charge in [-0.2, -0.15) is 0 Å². The minimum atomic E-state index is -0.325. The van der Waals surface area contributed by atoms with E-state index in [0.717, 1.165) is 19.4 Å². The maximum Gasteiger partial charge on any atom is 0.167 e. The molecule has 0 bridgehead atoms. The molecule has 1 aromatic rings. The van der Waals surface area contributed by atoms with Gasteiger partial charge < -0.3 is 4.90 Å². The first-order chi connectivity index (χ1) is 7.89. The summed E-state index contributed by atoms with van der Waals surface area (Å²) < 4.78 is 13.9. The van der Waals surface area contributed by atoms with E-state index in [4.69, 9.17) is 11.6 Å². The third kappa shape index (κ3) is 2.54. The van der Waals surface area contributed by atoms with E-state index < -0.39 is 0 Å². The summed E-state index contributed by atoms with van der Waals surface area (Å²) in [5, 5.41) is 0.345. The molecule has 1 aliphatic rings. The van der Waals surface area contributed by atoms with Crippen molar-refractivity contribution in [2.24, 2.45) is 5.41 Å². The van der Waals surface area contributed by atoms with Crippen LogP contribution in [0.4, 0.5) is 10.2 Å². The van der Waals surface area contributed by atoms with Crippen molar-refractivity contribution in [3.8, 4) is 0 Å². The van der Waals surface area contributed by atoms with E-state index in [9.17, 15) is 4.39 Å². The van der Waals surface area contributed by atoms with Gasteiger partial charge in [0.15, 0.2) is 11.6 Å². The molecule has 0 spiro atoms. The molecular weight excluding hydrogens is 239 g/mol. The van der Waals surface area contributed by atoms with Gasteiger partial charge in [0.05, 0.1) is 5.02 Å². The highest BCUT2D eigenvalue weighted by Crippen LogP contribution is 2.36. The maximum absolute atomic E-state index is 13.9. The van der Waals surface area contributed by atoms with Crippen LogP contribution >= 0.6 is 11.6 Å². The molecule has 4 heteroatoms. The van der Waals surface area contributed by atoms with Crippen molar-refractivity contribution >= 4 is 17.4 Å². The minimum absolute atomic E-state index is 0.129. The Morgan fingerprint density at radius 2 is 2.18 bits per heavy atom. The monoisotopic (exact) mass is 256 g/mol. The Labute approximate surface area is 107 Å². The van der Waals surface area contributed by atoms with Gasteiger partial charge in [0.25, 0.3) is 0 Å². The van der Waals surface area contributed by atoms with E-state index in [1.165, 1.54) is 12.3 Å². The Kier molecular flexibility index (Phi) is 3.30. The normalized spacial score (nSPS) is 21.0. The fourth-order valence-corrected chi connectivity index (χ4v) is 2.68. The zero-order chi connectivity index (χ0) is 12.6. The van der Waals surface area contributed by atoms with Crippen molar-refractivity contribution in [3.05, 3.63) is 23.1 Å². The van der Waals surface area contributed by atoms with Crippen LogP contribution in [0.5, 0.6) is 0 Å². The number of halogens is 2. The van der Waals surface area contributed by atoms with E-state index in [2.05, 4.69) is 30.7 Å². The van der Waals surface area contributed by atoms with Gasteiger partial charge in [0.1, 0.15) is 0 Å². The summed E-state index contributed by atoms with van der Waals surface area (Å²) in [4.78, 5) is 6.22. The van der Waals surface area contributed by atoms with Crippen molar-refractivity contribution < 1.29 is 4.39 Å². The summed E-state index contributed by atoms with van der Waals surface area (Å²) >= 11 is 5.73. The molecule has 0 aromatic carbocycles. The topological polar surface area (TPSA) is 16.1 Å². The smallest absolute Gasteiger partial charge is 0.167 e. The van der Waals surface area contributed by atoms with E-state index >= 15 is 0 Å². The fraction of sp³-hybridized carbons (Fsp3) is 0.615. The number of aromatic nitrogens is 1. The molecule has 2 nitrogen and oxygen atoms in total. The van der Waals surface area contributed by atoms with Gasteiger partial charge in [-0.3, -0.25) is 0 Å². The first-order valence-corrected chi connectivity index (χ1v) is 6.35. The van der Waals surface area contributed by atoms with Crippen molar-refractivity contribution in [2.75, 3.05) is 11.4 Å². The van der Waals surface area contributed by atoms with Crippen LogP contribution in [0.25, 0.3) is 0 Å². The van der Waals surface area contributed by atoms with E-state index in [-0.39, 0.29) is 11.2 Å². The van der Waals surface area contributed by atoms with Crippen LogP contribution in [0, 0.1) is 11.2 Å². The van der Waals surface area contributed by atoms with Gasteiger partial charge in [-0.25, -0.2) is 9.37 Å². The summed E-state index contributed by atoms with van der Waals surface area (Å²) in [5.41, 5.74) is 0.129. The molecule has 0 saturated carbocycles. The van der Waals surface area contributed by atoms with Gasteiger partial charge >= 0.3 is 0 Å². The molecular formula is C13H18ClFN2. The second-order valence-corrected chi connectivity index (χ2v) is 6.11. The molecule has 0 radical (unpaired) electrons. The lowest BCUT2D eigenvalue weighted by molar-refractivity contribution is 0.318. The van der Waals surface area contributed by atoms with Gasteiger partial charge in [-0.05, 0) is 24.3 Å². The van der Waals surface area contributed by atoms with Crippen LogP contribution in [-0.4, -0.2) is 17.6 Å². The third-order valence-electron chi connectivity index (χ3n) is 3.31. The fourth-order valence-electron chi connectivity index (χ4n) is 2.54. The third-order valence-corrected chi connectivity index (χ3v) is 3.52. The Morgan fingerprint density at radius 1 is 1.47 bits per heavy atom. The number of rotatable bonds is 1. The summed E-state index contributed by atoms with van der Waals surface area (Å²) in [5.74, 6) is 0.112. The predicted octanol–water partition coefficient (Wildman–Crippen LogP) is 3.89. The first kappa shape index (κ1) is 12.6. The molecule has 1 unspecified atom stereocenters. The number of nitrogens with zero attached hydrogens (tertiary/aromatic N) is 2. The van der Waals surface area contributed by atoms with Crippen LogP contribution in [0.2, 0.25) is 5.02 Å². The summed E-state index contributed by atoms with van der Waals surface area (Å²) in [6.07, 6.45) is 3.69. The predicted molar refractivity (Wildman–Crippen MR) is 69.0 cm³/mol. The molecule has 2 rings (SSSR count). The van der Waals surface area contributed by atoms with Gasteiger partial charge in [0.2, 0.25) is 0 Å². The Morgan fingerprint density at radius 3 is 2.76 bits per heavy atom. The highest BCUT2D eigenvalue weighted by Gasteiger charge is 2.35. The Bertz CT molecular complexity index is 414. The molecule has 1 aliphatic heterocycles. The Hall–Kier alpha value is -0.830. The van der Waals surface area contributed by atoms with E-state index in [1.54, 1.807) is 0 Å². The molecule has 1 aromatic heterocycles. The second kappa shape index (κ2) is 4.45. The lowest BCUT2D eigenvalue weighted by Gasteiger charge is -2.35. The zero-order valence-corrected chi connectivity index (χ0v) is 11.3. The molecule has 0 N–H and O–H groups in total. The highest BCUT2D eigenvalue weighted by molar-refractivity contribution is 6.30. The van der Waals surface area contributed by atoms with Crippen LogP contribution in [0.3, 0.4) is 0 Å². The molecule has 1 atom stereocenters. The number of anilines is 1. The largest absolute Gasteiger partial charge is 0.351 e. The lowest BCUT2D eigenvalue weighted by Crippen LogP contribution is -2.40. The quantitative estimate of drug-likeness (QED) is 0.758. The van der Waals surface area contributed by atoms with Crippen LogP contribution < -0.4 is 4.90 Å². The summed E-state index contributed by atoms with van der Waals surface area (Å²) in [7, 11) is 0. The minimum Gasteiger partial charge on any atom is -0.351 e. The average Bonchev–Trinajstić information content (AvgIpc) is 2.65. The van der Waals surface area contributed by atoms with Crippen LogP contribution in [0.15, 0.2) is 12.3 Å². The first-order valence-electron chi connectivity index (χ1n) is 5.97. The van der Waals surface area contributed by atoms with Gasteiger partial charge in [-0.1, -0.05) is 32.4 Å². The molecule has 1 fully saturated rings. The maximum atomic E-state index is 13.9. The second-order valence-electron chi connectivity index (χ2n) is 5.68. The Balaban J connectivity index is 2.33. The SMILES string of the molecule is CC(C)(C)C1CCCN1c1ncc(Cl)cc1F. The van der Waals surface area contributed by atoms with Crippen LogP contribution in [0.1, 0.15) is 33.6 Å². The van der Waals surface area contributed by atoms with Gasteiger partial charge in [-0.15, -0.1) is 0 Å². The number of pyridine rings is 1. The lowest BCUT2D eigenvalue weighted by atomic mass is 9.85. The van der Waals surface area contributed by atoms with Crippen molar-refractivity contribution in [2.45, 2.75) is 39.7 Å². The number of hydrogen-bond acceptors (Lipinski definition) is 2. The van der Waals surface area contributed by atoms with E-state index in [1.807, 2.05) is 0 Å². The van der Waals surface area contributed by atoms with E-state index in [0.29, 0.717) is 16.9 Å². The highest BCUT2D eigenvalue weighted by atomic mass is 35.5.